The summed E-state index contributed by atoms with van der Waals surface area (Å²) < 4.78 is 6.30. The highest BCUT2D eigenvalue weighted by Crippen LogP contribution is 2.26. The normalized spacial score (nSPS) is 14.0. The first-order valence-electron chi connectivity index (χ1n) is 10.0. The summed E-state index contributed by atoms with van der Waals surface area (Å²) in [7, 11) is 0. The molecule has 0 atom stereocenters. The molecule has 0 bridgehead atoms. The van der Waals surface area contributed by atoms with Crippen molar-refractivity contribution in [2.75, 3.05) is 43.5 Å². The topological polar surface area (TPSA) is 79.4 Å². The lowest BCUT2D eigenvalue weighted by atomic mass is 10.2. The van der Waals surface area contributed by atoms with Crippen LogP contribution in [0.4, 0.5) is 17.2 Å². The smallest absolute Gasteiger partial charge is 0.300 e. The van der Waals surface area contributed by atoms with Crippen LogP contribution in [0, 0.1) is 11.8 Å². The molecule has 0 aliphatic carbocycles. The van der Waals surface area contributed by atoms with Gasteiger partial charge in [-0.25, -0.2) is 9.97 Å². The molecule has 0 radical (unpaired) electrons. The summed E-state index contributed by atoms with van der Waals surface area (Å²) >= 11 is 3.47. The van der Waals surface area contributed by atoms with Crippen LogP contribution in [0.1, 0.15) is 6.42 Å². The fraction of sp³-hybridized carbons (Fsp3) is 0.261. The van der Waals surface area contributed by atoms with Gasteiger partial charge in [-0.1, -0.05) is 27.9 Å². The number of carbonyl (C=O) groups is 1. The number of nitrogens with one attached hydrogen (secondary N) is 2. The maximum Gasteiger partial charge on any atom is 0.300 e. The number of nitrogens with zero attached hydrogens (tertiary/aromatic N) is 3. The SMILES string of the molecule is O=C(C#CCCN1CCOCC1)Nc1ccc2ncnc(Nc3cccc(Br)c3)c2c1. The van der Waals surface area contributed by atoms with E-state index in [1.807, 2.05) is 42.5 Å². The van der Waals surface area contributed by atoms with Crippen LogP contribution in [0.15, 0.2) is 53.3 Å². The Morgan fingerprint density at radius 2 is 2.00 bits per heavy atom. The first kappa shape index (κ1) is 21.2. The quantitative estimate of drug-likeness (QED) is 0.541. The van der Waals surface area contributed by atoms with Crippen molar-refractivity contribution in [3.8, 4) is 11.8 Å². The average molecular weight is 480 g/mol. The van der Waals surface area contributed by atoms with Gasteiger partial charge in [-0.05, 0) is 42.3 Å². The van der Waals surface area contributed by atoms with Gasteiger partial charge in [0.2, 0.25) is 0 Å². The fourth-order valence-corrected chi connectivity index (χ4v) is 3.68. The van der Waals surface area contributed by atoms with E-state index >= 15 is 0 Å². The molecule has 3 aromatic rings. The number of ether oxygens (including phenoxy) is 1. The summed E-state index contributed by atoms with van der Waals surface area (Å²) in [4.78, 5) is 23.2. The summed E-state index contributed by atoms with van der Waals surface area (Å²) in [6.45, 7) is 4.21. The summed E-state index contributed by atoms with van der Waals surface area (Å²) in [5, 5.41) is 6.95. The third kappa shape index (κ3) is 6.01. The fourth-order valence-electron chi connectivity index (χ4n) is 3.28. The van der Waals surface area contributed by atoms with Crippen molar-refractivity contribution in [2.24, 2.45) is 0 Å². The molecule has 1 aromatic heterocycles. The zero-order chi connectivity index (χ0) is 21.5. The molecule has 31 heavy (non-hydrogen) atoms. The molecule has 7 nitrogen and oxygen atoms in total. The van der Waals surface area contributed by atoms with Gasteiger partial charge in [0, 0.05) is 47.3 Å². The number of fused-ring (bicyclic) bond motifs is 1. The van der Waals surface area contributed by atoms with Crippen molar-refractivity contribution in [2.45, 2.75) is 6.42 Å². The largest absolute Gasteiger partial charge is 0.379 e. The second kappa shape index (κ2) is 10.4. The predicted molar refractivity (Wildman–Crippen MR) is 125 cm³/mol. The van der Waals surface area contributed by atoms with E-state index in [2.05, 4.69) is 53.3 Å². The van der Waals surface area contributed by atoms with Gasteiger partial charge in [-0.15, -0.1) is 0 Å². The van der Waals surface area contributed by atoms with Crippen LogP contribution in [0.3, 0.4) is 0 Å². The lowest BCUT2D eigenvalue weighted by Crippen LogP contribution is -2.36. The second-order valence-electron chi connectivity index (χ2n) is 7.05. The Bertz CT molecular complexity index is 1140. The van der Waals surface area contributed by atoms with E-state index in [1.165, 1.54) is 6.33 Å². The third-order valence-electron chi connectivity index (χ3n) is 4.84. The maximum atomic E-state index is 12.2. The monoisotopic (exact) mass is 479 g/mol. The van der Waals surface area contributed by atoms with E-state index in [4.69, 9.17) is 4.74 Å². The summed E-state index contributed by atoms with van der Waals surface area (Å²) in [5.41, 5.74) is 2.32. The lowest BCUT2D eigenvalue weighted by Gasteiger charge is -2.25. The van der Waals surface area contributed by atoms with E-state index in [-0.39, 0.29) is 5.91 Å². The van der Waals surface area contributed by atoms with Crippen molar-refractivity contribution in [1.29, 1.82) is 0 Å². The minimum Gasteiger partial charge on any atom is -0.379 e. The number of hydrogen-bond acceptors (Lipinski definition) is 6. The Kier molecular flexibility index (Phi) is 7.10. The molecule has 2 aromatic carbocycles. The minimum absolute atomic E-state index is 0.334. The molecule has 0 unspecified atom stereocenters. The molecule has 158 valence electrons. The molecule has 1 saturated heterocycles. The average Bonchev–Trinajstić information content (AvgIpc) is 2.78. The number of morpholine rings is 1. The van der Waals surface area contributed by atoms with Crippen molar-refractivity contribution in [3.63, 3.8) is 0 Å². The molecule has 0 spiro atoms. The number of amides is 1. The van der Waals surface area contributed by atoms with Crippen molar-refractivity contribution >= 4 is 49.9 Å². The molecule has 4 rings (SSSR count). The molecule has 0 saturated carbocycles. The van der Waals surface area contributed by atoms with Crippen molar-refractivity contribution in [1.82, 2.24) is 14.9 Å². The Labute approximate surface area is 189 Å². The molecule has 1 amide bonds. The number of benzene rings is 2. The molecule has 1 aliphatic rings. The van der Waals surface area contributed by atoms with Crippen molar-refractivity contribution in [3.05, 3.63) is 53.3 Å². The summed E-state index contributed by atoms with van der Waals surface area (Å²) in [5.74, 6) is 5.95. The van der Waals surface area contributed by atoms with E-state index in [9.17, 15) is 4.79 Å². The van der Waals surface area contributed by atoms with Crippen LogP contribution in [0.25, 0.3) is 10.9 Å². The highest BCUT2D eigenvalue weighted by molar-refractivity contribution is 9.10. The summed E-state index contributed by atoms with van der Waals surface area (Å²) in [6, 6.07) is 13.3. The van der Waals surface area contributed by atoms with Crippen LogP contribution in [-0.2, 0) is 9.53 Å². The minimum atomic E-state index is -0.334. The number of carbonyl (C=O) groups excluding carboxylic acids is 1. The van der Waals surface area contributed by atoms with Gasteiger partial charge < -0.3 is 15.4 Å². The number of rotatable bonds is 5. The van der Waals surface area contributed by atoms with Gasteiger partial charge in [0.05, 0.1) is 18.7 Å². The first-order chi connectivity index (χ1) is 15.2. The van der Waals surface area contributed by atoms with Crippen LogP contribution in [0.5, 0.6) is 0 Å². The van der Waals surface area contributed by atoms with Crippen LogP contribution in [0.2, 0.25) is 0 Å². The maximum absolute atomic E-state index is 12.2. The van der Waals surface area contributed by atoms with Gasteiger partial charge in [0.1, 0.15) is 12.1 Å². The molecule has 1 aliphatic heterocycles. The molecular weight excluding hydrogens is 458 g/mol. The number of hydrogen-bond donors (Lipinski definition) is 2. The Hall–Kier alpha value is -2.99. The van der Waals surface area contributed by atoms with E-state index in [1.54, 1.807) is 0 Å². The van der Waals surface area contributed by atoms with E-state index in [0.29, 0.717) is 17.9 Å². The molecule has 2 N–H and O–H groups in total. The standard InChI is InChI=1S/C23H22BrN5O2/c24-17-4-3-5-18(14-17)28-23-20-15-19(7-8-21(20)25-16-26-23)27-22(30)6-1-2-9-29-10-12-31-13-11-29/h3-5,7-8,14-16H,2,9-13H2,(H,27,30)(H,25,26,28). The first-order valence-corrected chi connectivity index (χ1v) is 10.8. The Morgan fingerprint density at radius 1 is 1.13 bits per heavy atom. The molecule has 8 heteroatoms. The summed E-state index contributed by atoms with van der Waals surface area (Å²) in [6.07, 6.45) is 2.17. The van der Waals surface area contributed by atoms with Gasteiger partial charge >= 0.3 is 0 Å². The van der Waals surface area contributed by atoms with Gasteiger partial charge in [-0.3, -0.25) is 9.69 Å². The second-order valence-corrected chi connectivity index (χ2v) is 7.97. The van der Waals surface area contributed by atoms with Gasteiger partial charge in [0.25, 0.3) is 5.91 Å². The molecule has 1 fully saturated rings. The van der Waals surface area contributed by atoms with E-state index in [0.717, 1.165) is 53.9 Å². The zero-order valence-corrected chi connectivity index (χ0v) is 18.5. The van der Waals surface area contributed by atoms with Crippen LogP contribution in [-0.4, -0.2) is 53.6 Å². The Morgan fingerprint density at radius 3 is 2.84 bits per heavy atom. The predicted octanol–water partition coefficient (Wildman–Crippen LogP) is 3.80. The molecule has 2 heterocycles. The zero-order valence-electron chi connectivity index (χ0n) is 16.9. The van der Waals surface area contributed by atoms with Crippen LogP contribution < -0.4 is 10.6 Å². The van der Waals surface area contributed by atoms with E-state index < -0.39 is 0 Å². The molecular formula is C23H22BrN5O2. The number of halogens is 1. The third-order valence-corrected chi connectivity index (χ3v) is 5.33. The van der Waals surface area contributed by atoms with Gasteiger partial charge in [0.15, 0.2) is 0 Å². The van der Waals surface area contributed by atoms with Gasteiger partial charge in [-0.2, -0.15) is 0 Å². The Balaban J connectivity index is 1.42. The highest BCUT2D eigenvalue weighted by Gasteiger charge is 2.09. The number of anilines is 3. The van der Waals surface area contributed by atoms with Crippen molar-refractivity contribution < 1.29 is 9.53 Å². The highest BCUT2D eigenvalue weighted by atomic mass is 79.9. The number of aromatic nitrogens is 2. The lowest BCUT2D eigenvalue weighted by molar-refractivity contribution is -0.111. The van der Waals surface area contributed by atoms with Crippen LogP contribution >= 0.6 is 15.9 Å².